The van der Waals surface area contributed by atoms with Crippen LogP contribution in [0.15, 0.2) is 0 Å². The molecule has 6 nitrogen and oxygen atoms in total. The lowest BCUT2D eigenvalue weighted by molar-refractivity contribution is -0.314. The smallest absolute Gasteiger partial charge is 0.450 e. The Kier molecular flexibility index (Phi) is 8.78. The summed E-state index contributed by atoms with van der Waals surface area (Å²) < 4.78 is 0. The van der Waals surface area contributed by atoms with Crippen molar-refractivity contribution in [1.82, 2.24) is 0 Å². The van der Waals surface area contributed by atoms with Gasteiger partial charge in [-0.25, -0.2) is 4.79 Å². The van der Waals surface area contributed by atoms with Crippen molar-refractivity contribution in [1.29, 1.82) is 0 Å². The molecule has 0 spiro atoms. The van der Waals surface area contributed by atoms with Gasteiger partial charge in [0.15, 0.2) is 0 Å². The maximum atomic E-state index is 8.56. The van der Waals surface area contributed by atoms with Crippen LogP contribution in [0.2, 0.25) is 0 Å². The van der Waals surface area contributed by atoms with E-state index >= 15 is 0 Å². The molecule has 0 aliphatic carbocycles. The molecule has 0 aromatic rings. The monoisotopic (exact) mass is 196 g/mol. The van der Waals surface area contributed by atoms with Gasteiger partial charge in [0, 0.05) is 6.42 Å². The van der Waals surface area contributed by atoms with Crippen LogP contribution in [0.25, 0.3) is 0 Å². The lowest BCUT2D eigenvalue weighted by atomic mass is 10.2. The first-order valence-electron chi connectivity index (χ1n) is 3.88. The zero-order valence-corrected chi connectivity index (χ0v) is 7.47. The molecule has 0 bridgehead atoms. The van der Waals surface area contributed by atoms with Crippen molar-refractivity contribution in [3.8, 4) is 0 Å². The fraction of sp³-hybridized carbons (Fsp3) is 0.857. The standard InChI is InChI=1S/C6H14O3.CH2O3/c1-2-3-4-5-6(7,8)9;2-1(3)4/h7-9H,2-5H2,1H3;(H2,2,3,4). The molecule has 0 rings (SSSR count). The van der Waals surface area contributed by atoms with E-state index in [1.807, 2.05) is 6.92 Å². The lowest BCUT2D eigenvalue weighted by Gasteiger charge is -2.12. The molecule has 0 radical (unpaired) electrons. The van der Waals surface area contributed by atoms with E-state index in [0.29, 0.717) is 6.42 Å². The number of carbonyl (C=O) groups is 1. The van der Waals surface area contributed by atoms with Gasteiger partial charge in [0.25, 0.3) is 5.97 Å². The van der Waals surface area contributed by atoms with Crippen LogP contribution in [0, 0.1) is 0 Å². The van der Waals surface area contributed by atoms with Crippen LogP contribution >= 0.6 is 0 Å². The van der Waals surface area contributed by atoms with Crippen LogP contribution < -0.4 is 0 Å². The van der Waals surface area contributed by atoms with Crippen LogP contribution in [0.5, 0.6) is 0 Å². The number of aliphatic hydroxyl groups is 3. The Hall–Kier alpha value is -0.850. The normalized spacial score (nSPS) is 10.2. The topological polar surface area (TPSA) is 118 Å². The summed E-state index contributed by atoms with van der Waals surface area (Å²) >= 11 is 0. The maximum absolute atomic E-state index is 8.56. The van der Waals surface area contributed by atoms with E-state index in [2.05, 4.69) is 0 Å². The Morgan fingerprint density at radius 1 is 1.15 bits per heavy atom. The number of hydrogen-bond donors (Lipinski definition) is 5. The van der Waals surface area contributed by atoms with E-state index in [1.165, 1.54) is 0 Å². The van der Waals surface area contributed by atoms with Crippen molar-refractivity contribution in [3.05, 3.63) is 0 Å². The van der Waals surface area contributed by atoms with Crippen LogP contribution in [-0.4, -0.2) is 37.7 Å². The van der Waals surface area contributed by atoms with Crippen molar-refractivity contribution >= 4 is 6.16 Å². The average Bonchev–Trinajstić information content (AvgIpc) is 1.83. The van der Waals surface area contributed by atoms with Crippen molar-refractivity contribution < 1.29 is 30.3 Å². The number of unbranched alkanes of at least 4 members (excludes halogenated alkanes) is 2. The molecule has 13 heavy (non-hydrogen) atoms. The number of carboxylic acid groups (broad SMARTS) is 2. The molecule has 0 saturated carbocycles. The van der Waals surface area contributed by atoms with Gasteiger partial charge < -0.3 is 25.5 Å². The molecule has 0 saturated heterocycles. The first-order valence-corrected chi connectivity index (χ1v) is 3.88. The molecule has 0 fully saturated rings. The summed E-state index contributed by atoms with van der Waals surface area (Å²) in [5.41, 5.74) is 0. The second-order valence-corrected chi connectivity index (χ2v) is 2.51. The highest BCUT2D eigenvalue weighted by Gasteiger charge is 2.15. The summed E-state index contributed by atoms with van der Waals surface area (Å²) in [6.07, 6.45) is 0.792. The second-order valence-electron chi connectivity index (χ2n) is 2.51. The minimum absolute atomic E-state index is 0.0425. The van der Waals surface area contributed by atoms with Crippen molar-refractivity contribution in [2.75, 3.05) is 0 Å². The summed E-state index contributed by atoms with van der Waals surface area (Å²) in [4.78, 5) is 8.56. The van der Waals surface area contributed by atoms with Crippen LogP contribution in [-0.2, 0) is 0 Å². The van der Waals surface area contributed by atoms with Crippen LogP contribution in [0.3, 0.4) is 0 Å². The lowest BCUT2D eigenvalue weighted by Crippen LogP contribution is -2.26. The van der Waals surface area contributed by atoms with Crippen molar-refractivity contribution in [3.63, 3.8) is 0 Å². The van der Waals surface area contributed by atoms with E-state index in [-0.39, 0.29) is 6.42 Å². The number of hydrogen-bond acceptors (Lipinski definition) is 4. The number of rotatable bonds is 4. The molecular formula is C7H16O6. The molecular weight excluding hydrogens is 180 g/mol. The Bertz CT molecular complexity index is 123. The quantitative estimate of drug-likeness (QED) is 0.328. The van der Waals surface area contributed by atoms with Gasteiger partial charge in [-0.3, -0.25) is 0 Å². The molecule has 0 aliphatic heterocycles. The average molecular weight is 196 g/mol. The predicted molar refractivity (Wildman–Crippen MR) is 44.2 cm³/mol. The van der Waals surface area contributed by atoms with Crippen molar-refractivity contribution in [2.45, 2.75) is 38.6 Å². The summed E-state index contributed by atoms with van der Waals surface area (Å²) in [6.45, 7) is 2.01. The van der Waals surface area contributed by atoms with Gasteiger partial charge in [-0.05, 0) is 6.42 Å². The summed E-state index contributed by atoms with van der Waals surface area (Å²) in [6, 6.07) is 0. The SMILES string of the molecule is CCCCCC(O)(O)O.O=C(O)O. The van der Waals surface area contributed by atoms with E-state index in [1.54, 1.807) is 0 Å². The summed E-state index contributed by atoms with van der Waals surface area (Å²) in [5.74, 6) is -2.45. The molecule has 80 valence electrons. The van der Waals surface area contributed by atoms with Gasteiger partial charge >= 0.3 is 6.16 Å². The van der Waals surface area contributed by atoms with Crippen LogP contribution in [0.4, 0.5) is 4.79 Å². The first-order chi connectivity index (χ1) is 5.79. The molecule has 0 unspecified atom stereocenters. The highest BCUT2D eigenvalue weighted by atomic mass is 16.7. The molecule has 0 heterocycles. The maximum Gasteiger partial charge on any atom is 0.503 e. The van der Waals surface area contributed by atoms with E-state index in [0.717, 1.165) is 12.8 Å². The Morgan fingerprint density at radius 3 is 1.77 bits per heavy atom. The fourth-order valence-electron chi connectivity index (χ4n) is 0.612. The minimum Gasteiger partial charge on any atom is -0.450 e. The van der Waals surface area contributed by atoms with E-state index < -0.39 is 12.1 Å². The highest BCUT2D eigenvalue weighted by Crippen LogP contribution is 2.07. The molecule has 0 aliphatic rings. The third-order valence-corrected chi connectivity index (χ3v) is 1.12. The van der Waals surface area contributed by atoms with Crippen LogP contribution in [0.1, 0.15) is 32.6 Å². The first kappa shape index (κ1) is 14.7. The fourth-order valence-corrected chi connectivity index (χ4v) is 0.612. The zero-order chi connectivity index (χ0) is 10.9. The Morgan fingerprint density at radius 2 is 1.54 bits per heavy atom. The van der Waals surface area contributed by atoms with Gasteiger partial charge in [0.05, 0.1) is 0 Å². The molecule has 6 heteroatoms. The van der Waals surface area contributed by atoms with E-state index in [4.69, 9.17) is 30.3 Å². The third kappa shape index (κ3) is 35.2. The predicted octanol–water partition coefficient (Wildman–Crippen LogP) is 0.420. The van der Waals surface area contributed by atoms with Gasteiger partial charge in [-0.2, -0.15) is 0 Å². The molecule has 0 aromatic carbocycles. The van der Waals surface area contributed by atoms with Gasteiger partial charge in [0.2, 0.25) is 0 Å². The minimum atomic E-state index is -2.45. The Balaban J connectivity index is 0. The summed E-state index contributed by atoms with van der Waals surface area (Å²) in [7, 11) is 0. The highest BCUT2D eigenvalue weighted by molar-refractivity contribution is 5.53. The van der Waals surface area contributed by atoms with Gasteiger partial charge in [-0.1, -0.05) is 19.8 Å². The van der Waals surface area contributed by atoms with Gasteiger partial charge in [0.1, 0.15) is 0 Å². The Labute approximate surface area is 76.1 Å². The molecule has 5 N–H and O–H groups in total. The second kappa shape index (κ2) is 7.78. The van der Waals surface area contributed by atoms with Crippen molar-refractivity contribution in [2.24, 2.45) is 0 Å². The zero-order valence-electron chi connectivity index (χ0n) is 7.47. The van der Waals surface area contributed by atoms with E-state index in [9.17, 15) is 0 Å². The summed E-state index contributed by atoms with van der Waals surface area (Å²) in [5, 5.41) is 39.0. The van der Waals surface area contributed by atoms with Gasteiger partial charge in [-0.15, -0.1) is 0 Å². The molecule has 0 aromatic heterocycles. The largest absolute Gasteiger partial charge is 0.503 e. The molecule has 0 amide bonds. The third-order valence-electron chi connectivity index (χ3n) is 1.12. The molecule has 0 atom stereocenters.